The van der Waals surface area contributed by atoms with Crippen LogP contribution in [0, 0.1) is 6.92 Å². The van der Waals surface area contributed by atoms with Crippen molar-refractivity contribution in [2.45, 2.75) is 51.0 Å². The molecule has 22 nitrogen and oxygen atoms in total. The van der Waals surface area contributed by atoms with Gasteiger partial charge in [-0.25, -0.2) is 23.1 Å². The number of aromatic nitrogens is 2. The lowest BCUT2D eigenvalue weighted by atomic mass is 10.2. The van der Waals surface area contributed by atoms with Crippen molar-refractivity contribution in [3.05, 3.63) is 43.0 Å². The SMILES string of the molecule is Cc1cn([C@H]2CC(O)[C@@H](COP(=O)(O)OP(=O)(O)OP(=O)(O)OP(=O)(O)OCCCCCN=[N+]=[N-])O2)c(=O)[nH]c1=O. The van der Waals surface area contributed by atoms with Gasteiger partial charge in [0, 0.05) is 29.6 Å². The van der Waals surface area contributed by atoms with E-state index in [1.807, 2.05) is 4.98 Å². The molecule has 0 spiro atoms. The number of hydrogen-bond donors (Lipinski definition) is 6. The van der Waals surface area contributed by atoms with Crippen LogP contribution in [-0.4, -0.2) is 66.2 Å². The van der Waals surface area contributed by atoms with E-state index in [1.54, 1.807) is 0 Å². The zero-order chi connectivity index (χ0) is 31.1. The van der Waals surface area contributed by atoms with Gasteiger partial charge in [0.2, 0.25) is 0 Å². The van der Waals surface area contributed by atoms with Crippen LogP contribution in [0.3, 0.4) is 0 Å². The molecule has 6 N–H and O–H groups in total. The first kappa shape index (κ1) is 35.7. The summed E-state index contributed by atoms with van der Waals surface area (Å²) in [5.41, 5.74) is 6.76. The van der Waals surface area contributed by atoms with Crippen LogP contribution >= 0.6 is 31.3 Å². The molecule has 0 aromatic carbocycles. The van der Waals surface area contributed by atoms with Gasteiger partial charge in [-0.05, 0) is 25.3 Å². The molecule has 5 unspecified atom stereocenters. The molecule has 0 aliphatic carbocycles. The minimum atomic E-state index is -6.01. The van der Waals surface area contributed by atoms with E-state index in [2.05, 4.69) is 32.0 Å². The molecular formula is C15H27N5O17P4. The van der Waals surface area contributed by atoms with Crippen molar-refractivity contribution < 1.29 is 69.7 Å². The molecule has 2 heterocycles. The van der Waals surface area contributed by atoms with E-state index < -0.39 is 74.2 Å². The monoisotopic (exact) mass is 673 g/mol. The van der Waals surface area contributed by atoms with Gasteiger partial charge in [-0.3, -0.25) is 23.4 Å². The average Bonchev–Trinajstić information content (AvgIpc) is 3.17. The maximum Gasteiger partial charge on any atom is 0.490 e. The molecule has 2 rings (SSSR count). The Bertz CT molecular complexity index is 1430. The number of aromatic amines is 1. The second kappa shape index (κ2) is 14.8. The number of H-pyrrole nitrogens is 1. The Morgan fingerprint density at radius 3 is 2.22 bits per heavy atom. The van der Waals surface area contributed by atoms with Crippen LogP contribution in [-0.2, 0) is 45.0 Å². The summed E-state index contributed by atoms with van der Waals surface area (Å²) in [5.74, 6) is 0. The number of phosphoric acid groups is 4. The number of aliphatic hydroxyl groups is 1. The van der Waals surface area contributed by atoms with E-state index in [4.69, 9.17) is 10.3 Å². The van der Waals surface area contributed by atoms with Gasteiger partial charge < -0.3 is 29.4 Å². The number of hydrogen-bond acceptors (Lipinski definition) is 14. The Labute approximate surface area is 229 Å². The molecule has 234 valence electrons. The van der Waals surface area contributed by atoms with Crippen LogP contribution in [0.2, 0.25) is 0 Å². The highest BCUT2D eigenvalue weighted by Gasteiger charge is 2.46. The van der Waals surface area contributed by atoms with Gasteiger partial charge in [-0.2, -0.15) is 12.9 Å². The summed E-state index contributed by atoms with van der Waals surface area (Å²) in [6, 6.07) is 0. The Morgan fingerprint density at radius 1 is 1.02 bits per heavy atom. The molecule has 0 bridgehead atoms. The van der Waals surface area contributed by atoms with Gasteiger partial charge in [0.15, 0.2) is 0 Å². The molecule has 1 saturated heterocycles. The summed E-state index contributed by atoms with van der Waals surface area (Å²) in [6.45, 7) is 0.0958. The lowest BCUT2D eigenvalue weighted by Gasteiger charge is -2.21. The van der Waals surface area contributed by atoms with Crippen molar-refractivity contribution in [1.29, 1.82) is 0 Å². The van der Waals surface area contributed by atoms with Crippen molar-refractivity contribution in [2.24, 2.45) is 5.11 Å². The van der Waals surface area contributed by atoms with Gasteiger partial charge >= 0.3 is 37.0 Å². The molecular weight excluding hydrogens is 646 g/mol. The molecule has 26 heteroatoms. The van der Waals surface area contributed by atoms with E-state index >= 15 is 0 Å². The van der Waals surface area contributed by atoms with E-state index in [9.17, 15) is 52.5 Å². The molecule has 1 fully saturated rings. The highest BCUT2D eigenvalue weighted by Crippen LogP contribution is 2.71. The Morgan fingerprint density at radius 2 is 1.61 bits per heavy atom. The van der Waals surface area contributed by atoms with Crippen LogP contribution in [0.5, 0.6) is 0 Å². The summed E-state index contributed by atoms with van der Waals surface area (Å²) in [7, 11) is -22.9. The first-order valence-corrected chi connectivity index (χ1v) is 17.2. The number of aryl methyl sites for hydroxylation is 1. The largest absolute Gasteiger partial charge is 0.490 e. The van der Waals surface area contributed by atoms with Crippen molar-refractivity contribution in [3.63, 3.8) is 0 Å². The van der Waals surface area contributed by atoms with E-state index in [0.29, 0.717) is 12.8 Å². The number of azide groups is 1. The van der Waals surface area contributed by atoms with Crippen LogP contribution in [0.1, 0.15) is 37.5 Å². The highest BCUT2D eigenvalue weighted by atomic mass is 31.3. The third-order valence-electron chi connectivity index (χ3n) is 4.90. The smallest absolute Gasteiger partial charge is 0.390 e. The number of aliphatic hydroxyl groups excluding tert-OH is 1. The fourth-order valence-electron chi connectivity index (χ4n) is 3.16. The van der Waals surface area contributed by atoms with Gasteiger partial charge in [0.05, 0.1) is 19.3 Å². The Balaban J connectivity index is 1.89. The normalized spacial score (nSPS) is 24.9. The van der Waals surface area contributed by atoms with Crippen molar-refractivity contribution in [3.8, 4) is 0 Å². The molecule has 1 aromatic rings. The van der Waals surface area contributed by atoms with E-state index in [-0.39, 0.29) is 24.9 Å². The zero-order valence-electron chi connectivity index (χ0n) is 21.0. The van der Waals surface area contributed by atoms with Gasteiger partial charge in [-0.15, -0.1) is 0 Å². The summed E-state index contributed by atoms with van der Waals surface area (Å²) < 4.78 is 74.5. The predicted molar refractivity (Wildman–Crippen MR) is 133 cm³/mol. The maximum atomic E-state index is 12.1. The van der Waals surface area contributed by atoms with Crippen LogP contribution < -0.4 is 11.2 Å². The van der Waals surface area contributed by atoms with Gasteiger partial charge in [0.1, 0.15) is 12.3 Å². The molecule has 0 saturated carbocycles. The molecule has 7 atom stereocenters. The van der Waals surface area contributed by atoms with Crippen molar-refractivity contribution >= 4 is 31.3 Å². The molecule has 1 aliphatic heterocycles. The maximum absolute atomic E-state index is 12.1. The first-order valence-electron chi connectivity index (χ1n) is 11.3. The average molecular weight is 673 g/mol. The van der Waals surface area contributed by atoms with Gasteiger partial charge in [0.25, 0.3) is 5.56 Å². The number of nitrogens with one attached hydrogen (secondary N) is 1. The second-order valence-corrected chi connectivity index (χ2v) is 14.4. The van der Waals surface area contributed by atoms with Crippen LogP contribution in [0.15, 0.2) is 20.9 Å². The topological polar surface area (TPSA) is 328 Å². The summed E-state index contributed by atoms with van der Waals surface area (Å²) in [6.07, 6.45) is -2.12. The summed E-state index contributed by atoms with van der Waals surface area (Å²) in [4.78, 5) is 66.5. The first-order chi connectivity index (χ1) is 18.9. The zero-order valence-corrected chi connectivity index (χ0v) is 24.5. The number of nitrogens with zero attached hydrogens (tertiary/aromatic N) is 4. The molecule has 0 radical (unpaired) electrons. The quantitative estimate of drug-likeness (QED) is 0.0448. The van der Waals surface area contributed by atoms with Crippen molar-refractivity contribution in [1.82, 2.24) is 9.55 Å². The number of unbranched alkanes of at least 4 members (excludes halogenated alkanes) is 2. The Hall–Kier alpha value is -1.53. The molecule has 0 amide bonds. The minimum absolute atomic E-state index is 0.124. The van der Waals surface area contributed by atoms with Crippen molar-refractivity contribution in [2.75, 3.05) is 19.8 Å². The molecule has 1 aromatic heterocycles. The van der Waals surface area contributed by atoms with Crippen LogP contribution in [0.25, 0.3) is 10.4 Å². The fraction of sp³-hybridized carbons (Fsp3) is 0.733. The number of phosphoric ester groups is 2. The minimum Gasteiger partial charge on any atom is -0.390 e. The second-order valence-electron chi connectivity index (χ2n) is 8.17. The summed E-state index contributed by atoms with van der Waals surface area (Å²) in [5, 5.41) is 13.4. The van der Waals surface area contributed by atoms with Crippen LogP contribution in [0.4, 0.5) is 0 Å². The lowest BCUT2D eigenvalue weighted by molar-refractivity contribution is -0.0450. The fourth-order valence-corrected chi connectivity index (χ4v) is 8.13. The third kappa shape index (κ3) is 12.3. The third-order valence-corrected chi connectivity index (χ3v) is 10.8. The van der Waals surface area contributed by atoms with Gasteiger partial charge in [-0.1, -0.05) is 11.5 Å². The standard InChI is InChI=1S/C15H27N5O17P4/c1-10-8-20(15(23)18-14(10)22)13-7-11(21)12(34-13)9-33-39(26,27)36-41(30,31)37-40(28,29)35-38(24,25)32-6-4-2-3-5-17-19-16/h8,11-13,21H,2-7,9H2,1H3,(H,24,25)(H,26,27)(H,28,29)(H,30,31)(H,18,22,23)/t11?,12-,13-/m1/s1. The lowest BCUT2D eigenvalue weighted by Crippen LogP contribution is -2.33. The van der Waals surface area contributed by atoms with E-state index in [0.717, 1.165) is 10.8 Å². The number of ether oxygens (including phenoxy) is 1. The summed E-state index contributed by atoms with van der Waals surface area (Å²) >= 11 is 0. The highest BCUT2D eigenvalue weighted by molar-refractivity contribution is 7.69. The molecule has 41 heavy (non-hydrogen) atoms. The Kier molecular flexibility index (Phi) is 12.8. The molecule has 1 aliphatic rings. The van der Waals surface area contributed by atoms with E-state index in [1.165, 1.54) is 6.92 Å². The predicted octanol–water partition coefficient (Wildman–Crippen LogP) is 1.46. The number of rotatable bonds is 17.